The molecule has 8 heteroatoms. The lowest BCUT2D eigenvalue weighted by Crippen LogP contribution is -2.37. The largest absolute Gasteiger partial charge is 0.465 e. The number of hydrogen-bond acceptors (Lipinski definition) is 6. The van der Waals surface area contributed by atoms with Gasteiger partial charge in [-0.05, 0) is 44.2 Å². The third kappa shape index (κ3) is 5.85. The second-order valence-electron chi connectivity index (χ2n) is 8.61. The minimum absolute atomic E-state index is 0.0146. The van der Waals surface area contributed by atoms with E-state index in [0.29, 0.717) is 11.4 Å². The molecule has 0 radical (unpaired) electrons. The van der Waals surface area contributed by atoms with Crippen LogP contribution in [0.1, 0.15) is 57.4 Å². The maximum Gasteiger partial charge on any atom is 0.336 e. The summed E-state index contributed by atoms with van der Waals surface area (Å²) < 4.78 is 44.9. The van der Waals surface area contributed by atoms with Crippen LogP contribution < -0.4 is 0 Å². The molecule has 0 N–H and O–H groups in total. The molecule has 3 rings (SSSR count). The Hall–Kier alpha value is -2.61. The summed E-state index contributed by atoms with van der Waals surface area (Å²) >= 11 is 0. The molecule has 2 unspecified atom stereocenters. The standard InChI is InChI=1S/C25H31F2NO5/c1-15-20(24(29)32-13-12-31-3)22(18-10-7-11-19(26)23(18)27)21(16(2)28-15)25(30)33-14-17-8-5-4-6-9-17/h7,10-11,17,21-22H,4-6,8-9,12-14H2,1-3H3. The normalized spacial score (nSPS) is 21.5. The van der Waals surface area contributed by atoms with Crippen LogP contribution in [0.25, 0.3) is 0 Å². The molecule has 0 bridgehead atoms. The number of benzene rings is 1. The number of esters is 2. The predicted octanol–water partition coefficient (Wildman–Crippen LogP) is 4.73. The Labute approximate surface area is 193 Å². The predicted molar refractivity (Wildman–Crippen MR) is 119 cm³/mol. The lowest BCUT2D eigenvalue weighted by atomic mass is 9.75. The van der Waals surface area contributed by atoms with Crippen LogP contribution in [0.15, 0.2) is 34.5 Å². The third-order valence-electron chi connectivity index (χ3n) is 6.33. The molecule has 2 aliphatic rings. The van der Waals surface area contributed by atoms with Gasteiger partial charge in [-0.3, -0.25) is 9.79 Å². The van der Waals surface area contributed by atoms with Crippen LogP contribution in [0.2, 0.25) is 0 Å². The van der Waals surface area contributed by atoms with E-state index in [1.807, 2.05) is 0 Å². The zero-order valence-electron chi connectivity index (χ0n) is 19.4. The summed E-state index contributed by atoms with van der Waals surface area (Å²) in [6, 6.07) is 3.72. The highest BCUT2D eigenvalue weighted by atomic mass is 19.2. The van der Waals surface area contributed by atoms with Crippen molar-refractivity contribution in [2.24, 2.45) is 16.8 Å². The van der Waals surface area contributed by atoms with E-state index in [2.05, 4.69) is 4.99 Å². The Kier molecular flexibility index (Phi) is 8.72. The molecule has 0 amide bonds. The van der Waals surface area contributed by atoms with Gasteiger partial charge in [0.25, 0.3) is 0 Å². The Morgan fingerprint density at radius 2 is 1.79 bits per heavy atom. The van der Waals surface area contributed by atoms with E-state index in [-0.39, 0.29) is 36.9 Å². The average molecular weight is 464 g/mol. The second-order valence-corrected chi connectivity index (χ2v) is 8.61. The monoisotopic (exact) mass is 463 g/mol. The number of carbonyl (C=O) groups excluding carboxylic acids is 2. The first-order valence-corrected chi connectivity index (χ1v) is 11.4. The number of nitrogens with zero attached hydrogens (tertiary/aromatic N) is 1. The fourth-order valence-corrected chi connectivity index (χ4v) is 4.64. The van der Waals surface area contributed by atoms with Crippen molar-refractivity contribution in [3.05, 3.63) is 46.7 Å². The lowest BCUT2D eigenvalue weighted by Gasteiger charge is -2.32. The first-order valence-electron chi connectivity index (χ1n) is 11.4. The van der Waals surface area contributed by atoms with E-state index in [0.717, 1.165) is 31.7 Å². The van der Waals surface area contributed by atoms with Crippen molar-refractivity contribution in [2.45, 2.75) is 51.9 Å². The topological polar surface area (TPSA) is 74.2 Å². The van der Waals surface area contributed by atoms with Gasteiger partial charge >= 0.3 is 11.9 Å². The second kappa shape index (κ2) is 11.5. The maximum absolute atomic E-state index is 14.9. The van der Waals surface area contributed by atoms with E-state index in [1.54, 1.807) is 13.8 Å². The van der Waals surface area contributed by atoms with Crippen molar-refractivity contribution in [1.82, 2.24) is 0 Å². The van der Waals surface area contributed by atoms with Crippen LogP contribution >= 0.6 is 0 Å². The molecule has 2 atom stereocenters. The van der Waals surface area contributed by atoms with Crippen molar-refractivity contribution in [2.75, 3.05) is 26.9 Å². The molecule has 1 aromatic carbocycles. The van der Waals surface area contributed by atoms with Crippen LogP contribution in [0, 0.1) is 23.5 Å². The first kappa shape index (κ1) is 25.0. The molecule has 1 aliphatic carbocycles. The average Bonchev–Trinajstić information content (AvgIpc) is 2.79. The number of carbonyl (C=O) groups is 2. The highest BCUT2D eigenvalue weighted by molar-refractivity contribution is 6.07. The molecule has 1 saturated carbocycles. The van der Waals surface area contributed by atoms with Gasteiger partial charge in [0.1, 0.15) is 12.5 Å². The minimum Gasteiger partial charge on any atom is -0.465 e. The Morgan fingerprint density at radius 3 is 2.48 bits per heavy atom. The maximum atomic E-state index is 14.9. The third-order valence-corrected chi connectivity index (χ3v) is 6.33. The fourth-order valence-electron chi connectivity index (χ4n) is 4.64. The van der Waals surface area contributed by atoms with Gasteiger partial charge in [-0.2, -0.15) is 0 Å². The number of methoxy groups -OCH3 is 1. The van der Waals surface area contributed by atoms with Gasteiger partial charge in [-0.15, -0.1) is 0 Å². The van der Waals surface area contributed by atoms with Crippen LogP contribution in [-0.4, -0.2) is 44.6 Å². The smallest absolute Gasteiger partial charge is 0.336 e. The summed E-state index contributed by atoms with van der Waals surface area (Å²) in [5.41, 5.74) is 0.575. The molecule has 1 aliphatic heterocycles. The van der Waals surface area contributed by atoms with Gasteiger partial charge in [0.2, 0.25) is 0 Å². The lowest BCUT2D eigenvalue weighted by molar-refractivity contribution is -0.148. The number of allylic oxidation sites excluding steroid dienone is 1. The van der Waals surface area contributed by atoms with Crippen molar-refractivity contribution in [1.29, 1.82) is 0 Å². The minimum atomic E-state index is -1.12. The number of aliphatic imine (C=N–C) groups is 1. The summed E-state index contributed by atoms with van der Waals surface area (Å²) in [5.74, 6) is -5.44. The summed E-state index contributed by atoms with van der Waals surface area (Å²) in [6.45, 7) is 3.63. The highest BCUT2D eigenvalue weighted by Gasteiger charge is 2.44. The molecule has 6 nitrogen and oxygen atoms in total. The first-order chi connectivity index (χ1) is 15.8. The van der Waals surface area contributed by atoms with E-state index < -0.39 is 35.4 Å². The Bertz CT molecular complexity index is 937. The zero-order chi connectivity index (χ0) is 24.0. The molecule has 180 valence electrons. The number of halogens is 2. The van der Waals surface area contributed by atoms with Crippen LogP contribution in [0.4, 0.5) is 8.78 Å². The van der Waals surface area contributed by atoms with Gasteiger partial charge in [-0.1, -0.05) is 31.4 Å². The van der Waals surface area contributed by atoms with Gasteiger partial charge < -0.3 is 14.2 Å². The molecule has 33 heavy (non-hydrogen) atoms. The summed E-state index contributed by atoms with van der Waals surface area (Å²) in [5, 5.41) is 0. The molecule has 1 fully saturated rings. The summed E-state index contributed by atoms with van der Waals surface area (Å²) in [4.78, 5) is 30.6. The van der Waals surface area contributed by atoms with Crippen molar-refractivity contribution >= 4 is 17.7 Å². The van der Waals surface area contributed by atoms with Crippen molar-refractivity contribution in [3.63, 3.8) is 0 Å². The number of hydrogen-bond donors (Lipinski definition) is 0. The fraction of sp³-hybridized carbons (Fsp3) is 0.560. The number of ether oxygens (including phenoxy) is 3. The SMILES string of the molecule is COCCOC(=O)C1=C(C)N=C(C)C(C(=O)OCC2CCCCC2)C1c1cccc(F)c1F. The quantitative estimate of drug-likeness (QED) is 0.412. The van der Waals surface area contributed by atoms with Crippen molar-refractivity contribution < 1.29 is 32.6 Å². The molecule has 0 spiro atoms. The van der Waals surface area contributed by atoms with E-state index in [1.165, 1.54) is 25.7 Å². The van der Waals surface area contributed by atoms with E-state index >= 15 is 0 Å². The van der Waals surface area contributed by atoms with E-state index in [4.69, 9.17) is 14.2 Å². The Morgan fingerprint density at radius 1 is 1.06 bits per heavy atom. The Balaban J connectivity index is 1.96. The molecule has 0 saturated heterocycles. The van der Waals surface area contributed by atoms with Gasteiger partial charge in [-0.25, -0.2) is 13.6 Å². The van der Waals surface area contributed by atoms with Crippen LogP contribution in [-0.2, 0) is 23.8 Å². The van der Waals surface area contributed by atoms with Crippen LogP contribution in [0.5, 0.6) is 0 Å². The van der Waals surface area contributed by atoms with Crippen molar-refractivity contribution in [3.8, 4) is 0 Å². The van der Waals surface area contributed by atoms with Crippen LogP contribution in [0.3, 0.4) is 0 Å². The molecular weight excluding hydrogens is 432 g/mol. The zero-order valence-corrected chi connectivity index (χ0v) is 19.4. The molecule has 1 heterocycles. The van der Waals surface area contributed by atoms with Gasteiger partial charge in [0.15, 0.2) is 11.6 Å². The summed E-state index contributed by atoms with van der Waals surface area (Å²) in [6.07, 6.45) is 5.36. The molecular formula is C25H31F2NO5. The van der Waals surface area contributed by atoms with Gasteiger partial charge in [0, 0.05) is 24.4 Å². The summed E-state index contributed by atoms with van der Waals surface area (Å²) in [7, 11) is 1.47. The highest BCUT2D eigenvalue weighted by Crippen LogP contribution is 2.41. The molecule has 0 aromatic heterocycles. The van der Waals surface area contributed by atoms with E-state index in [9.17, 15) is 18.4 Å². The van der Waals surface area contributed by atoms with Gasteiger partial charge in [0.05, 0.1) is 18.8 Å². The molecule has 1 aromatic rings. The number of rotatable bonds is 8.